The summed E-state index contributed by atoms with van der Waals surface area (Å²) in [6, 6.07) is 3.38. The Balaban J connectivity index is 2.34. The fourth-order valence-electron chi connectivity index (χ4n) is 1.27. The molecule has 0 unspecified atom stereocenters. The Morgan fingerprint density at radius 2 is 2.10 bits per heavy atom. The molecule has 0 saturated heterocycles. The average molecular weight is 347 g/mol. The summed E-state index contributed by atoms with van der Waals surface area (Å²) in [6.07, 6.45) is -0.463. The zero-order valence-electron chi connectivity index (χ0n) is 12.0. The van der Waals surface area contributed by atoms with E-state index in [0.29, 0.717) is 29.4 Å². The van der Waals surface area contributed by atoms with Crippen LogP contribution in [-0.2, 0) is 4.74 Å². The molecule has 0 fully saturated rings. The number of hydrogen-bond donors (Lipinski definition) is 1. The lowest BCUT2D eigenvalue weighted by atomic mass is 10.2. The summed E-state index contributed by atoms with van der Waals surface area (Å²) < 4.78 is 16.2. The van der Waals surface area contributed by atoms with Crippen LogP contribution in [0.15, 0.2) is 16.7 Å². The van der Waals surface area contributed by atoms with Crippen LogP contribution in [0.2, 0.25) is 0 Å². The minimum absolute atomic E-state index is 0.318. The molecule has 0 atom stereocenters. The fourth-order valence-corrected chi connectivity index (χ4v) is 1.68. The van der Waals surface area contributed by atoms with Crippen molar-refractivity contribution in [2.24, 2.45) is 0 Å². The summed E-state index contributed by atoms with van der Waals surface area (Å²) in [5.74, 6) is 1.06. The maximum atomic E-state index is 11.4. The second kappa shape index (κ2) is 7.33. The number of amides is 1. The molecule has 0 spiro atoms. The van der Waals surface area contributed by atoms with Gasteiger partial charge in [0.15, 0.2) is 0 Å². The summed E-state index contributed by atoms with van der Waals surface area (Å²) in [4.78, 5) is 15.5. The molecule has 112 valence electrons. The van der Waals surface area contributed by atoms with Crippen molar-refractivity contribution < 1.29 is 19.0 Å². The number of hydrogen-bond acceptors (Lipinski definition) is 5. The summed E-state index contributed by atoms with van der Waals surface area (Å²) in [7, 11) is 1.53. The molecule has 1 aromatic rings. The van der Waals surface area contributed by atoms with Crippen LogP contribution in [-0.4, -0.2) is 36.9 Å². The largest absolute Gasteiger partial charge is 0.491 e. The molecule has 1 heterocycles. The van der Waals surface area contributed by atoms with Gasteiger partial charge in [-0.3, -0.25) is 0 Å². The van der Waals surface area contributed by atoms with Gasteiger partial charge in [-0.15, -0.1) is 0 Å². The van der Waals surface area contributed by atoms with Crippen molar-refractivity contribution >= 4 is 22.0 Å². The SMILES string of the molecule is COc1cc(OCCNC(=O)OC(C)(C)C)cc(Br)n1. The molecular weight excluding hydrogens is 328 g/mol. The lowest BCUT2D eigenvalue weighted by Crippen LogP contribution is -2.34. The van der Waals surface area contributed by atoms with Crippen LogP contribution in [0, 0.1) is 0 Å². The van der Waals surface area contributed by atoms with Gasteiger partial charge < -0.3 is 19.5 Å². The zero-order valence-corrected chi connectivity index (χ0v) is 13.6. The van der Waals surface area contributed by atoms with E-state index in [-0.39, 0.29) is 0 Å². The Morgan fingerprint density at radius 1 is 1.40 bits per heavy atom. The van der Waals surface area contributed by atoms with Gasteiger partial charge in [-0.1, -0.05) is 0 Å². The first kappa shape index (κ1) is 16.6. The lowest BCUT2D eigenvalue weighted by Gasteiger charge is -2.19. The lowest BCUT2D eigenvalue weighted by molar-refractivity contribution is 0.0520. The Labute approximate surface area is 126 Å². The number of carbonyl (C=O) groups excluding carboxylic acids is 1. The van der Waals surface area contributed by atoms with Crippen molar-refractivity contribution in [3.63, 3.8) is 0 Å². The van der Waals surface area contributed by atoms with Gasteiger partial charge in [-0.25, -0.2) is 9.78 Å². The highest BCUT2D eigenvalue weighted by molar-refractivity contribution is 9.10. The molecule has 1 aromatic heterocycles. The van der Waals surface area contributed by atoms with Gasteiger partial charge in [0.05, 0.1) is 13.7 Å². The van der Waals surface area contributed by atoms with Crippen molar-refractivity contribution in [2.45, 2.75) is 26.4 Å². The summed E-state index contributed by atoms with van der Waals surface area (Å²) in [6.45, 7) is 6.09. The van der Waals surface area contributed by atoms with E-state index in [9.17, 15) is 4.79 Å². The molecule has 0 aliphatic rings. The van der Waals surface area contributed by atoms with Gasteiger partial charge in [0.25, 0.3) is 0 Å². The molecule has 0 aliphatic carbocycles. The van der Waals surface area contributed by atoms with Gasteiger partial charge in [0.2, 0.25) is 5.88 Å². The smallest absolute Gasteiger partial charge is 0.407 e. The van der Waals surface area contributed by atoms with Crippen LogP contribution in [0.25, 0.3) is 0 Å². The zero-order chi connectivity index (χ0) is 15.2. The van der Waals surface area contributed by atoms with Crippen molar-refractivity contribution in [2.75, 3.05) is 20.3 Å². The molecule has 0 bridgehead atoms. The molecule has 20 heavy (non-hydrogen) atoms. The number of methoxy groups -OCH3 is 1. The predicted molar refractivity (Wildman–Crippen MR) is 78.2 cm³/mol. The molecule has 1 N–H and O–H groups in total. The van der Waals surface area contributed by atoms with Gasteiger partial charge >= 0.3 is 6.09 Å². The maximum Gasteiger partial charge on any atom is 0.407 e. The number of nitrogens with one attached hydrogen (secondary N) is 1. The number of pyridine rings is 1. The molecule has 0 aliphatic heterocycles. The van der Waals surface area contributed by atoms with Gasteiger partial charge in [-0.05, 0) is 36.7 Å². The average Bonchev–Trinajstić information content (AvgIpc) is 2.32. The molecule has 1 amide bonds. The molecule has 1 rings (SSSR count). The van der Waals surface area contributed by atoms with E-state index in [2.05, 4.69) is 26.2 Å². The number of carbonyl (C=O) groups is 1. The molecule has 0 radical (unpaired) electrons. The van der Waals surface area contributed by atoms with Crippen LogP contribution in [0.5, 0.6) is 11.6 Å². The molecule has 6 nitrogen and oxygen atoms in total. The molecule has 0 aromatic carbocycles. The third kappa shape index (κ3) is 6.60. The second-order valence-corrected chi connectivity index (χ2v) is 5.76. The first-order valence-corrected chi connectivity index (χ1v) is 6.90. The van der Waals surface area contributed by atoms with E-state index in [1.165, 1.54) is 7.11 Å². The fraction of sp³-hybridized carbons (Fsp3) is 0.538. The minimum Gasteiger partial charge on any atom is -0.491 e. The van der Waals surface area contributed by atoms with E-state index in [1.807, 2.05) is 20.8 Å². The van der Waals surface area contributed by atoms with E-state index >= 15 is 0 Å². The van der Waals surface area contributed by atoms with Crippen LogP contribution in [0.1, 0.15) is 20.8 Å². The minimum atomic E-state index is -0.506. The summed E-state index contributed by atoms with van der Waals surface area (Å²) in [5, 5.41) is 2.61. The number of halogens is 1. The number of aromatic nitrogens is 1. The highest BCUT2D eigenvalue weighted by atomic mass is 79.9. The number of nitrogens with zero attached hydrogens (tertiary/aromatic N) is 1. The highest BCUT2D eigenvalue weighted by Gasteiger charge is 2.15. The van der Waals surface area contributed by atoms with Crippen LogP contribution in [0.4, 0.5) is 4.79 Å². The second-order valence-electron chi connectivity index (χ2n) is 4.95. The highest BCUT2D eigenvalue weighted by Crippen LogP contribution is 2.22. The quantitative estimate of drug-likeness (QED) is 0.655. The first-order chi connectivity index (χ1) is 9.30. The monoisotopic (exact) mass is 346 g/mol. The number of alkyl carbamates (subject to hydrolysis) is 1. The Hall–Kier alpha value is -1.50. The van der Waals surface area contributed by atoms with Gasteiger partial charge in [-0.2, -0.15) is 0 Å². The van der Waals surface area contributed by atoms with Crippen LogP contribution >= 0.6 is 15.9 Å². The Bertz CT molecular complexity index is 460. The normalized spacial score (nSPS) is 10.8. The van der Waals surface area contributed by atoms with Gasteiger partial charge in [0, 0.05) is 12.1 Å². The van der Waals surface area contributed by atoms with Crippen LogP contribution in [0.3, 0.4) is 0 Å². The predicted octanol–water partition coefficient (Wildman–Crippen LogP) is 2.76. The topological polar surface area (TPSA) is 69.7 Å². The Kier molecular flexibility index (Phi) is 6.06. The van der Waals surface area contributed by atoms with Crippen molar-refractivity contribution in [3.8, 4) is 11.6 Å². The summed E-state index contributed by atoms with van der Waals surface area (Å²) >= 11 is 3.26. The van der Waals surface area contributed by atoms with Crippen molar-refractivity contribution in [1.29, 1.82) is 0 Å². The molecule has 0 saturated carbocycles. The van der Waals surface area contributed by atoms with Gasteiger partial charge in [0.1, 0.15) is 22.6 Å². The maximum absolute atomic E-state index is 11.4. The van der Waals surface area contributed by atoms with Crippen molar-refractivity contribution in [1.82, 2.24) is 10.3 Å². The number of ether oxygens (including phenoxy) is 3. The number of rotatable bonds is 5. The molecular formula is C13H19BrN2O4. The Morgan fingerprint density at radius 3 is 2.70 bits per heavy atom. The first-order valence-electron chi connectivity index (χ1n) is 6.11. The van der Waals surface area contributed by atoms with E-state index in [1.54, 1.807) is 12.1 Å². The summed E-state index contributed by atoms with van der Waals surface area (Å²) in [5.41, 5.74) is -0.506. The van der Waals surface area contributed by atoms with E-state index in [0.717, 1.165) is 0 Å². The van der Waals surface area contributed by atoms with E-state index in [4.69, 9.17) is 14.2 Å². The molecule has 7 heteroatoms. The third-order valence-corrected chi connectivity index (χ3v) is 2.40. The third-order valence-electron chi connectivity index (χ3n) is 1.99. The van der Waals surface area contributed by atoms with Crippen molar-refractivity contribution in [3.05, 3.63) is 16.7 Å². The van der Waals surface area contributed by atoms with E-state index < -0.39 is 11.7 Å². The van der Waals surface area contributed by atoms with Crippen LogP contribution < -0.4 is 14.8 Å². The standard InChI is InChI=1S/C13H19BrN2O4/c1-13(2,3)20-12(17)15-5-6-19-9-7-10(14)16-11(8-9)18-4/h7-8H,5-6H2,1-4H3,(H,15,17).